The maximum absolute atomic E-state index is 12.6. The fraction of sp³-hybridized carbons (Fsp3) is 0.333. The van der Waals surface area contributed by atoms with E-state index < -0.39 is 46.6 Å². The van der Waals surface area contributed by atoms with Crippen LogP contribution in [0.25, 0.3) is 0 Å². The van der Waals surface area contributed by atoms with Gasteiger partial charge in [-0.3, -0.25) is 4.79 Å². The molecule has 1 heterocycles. The van der Waals surface area contributed by atoms with Crippen LogP contribution in [-0.4, -0.2) is 16.6 Å². The summed E-state index contributed by atoms with van der Waals surface area (Å²) in [6, 6.07) is 0.346. The Morgan fingerprint density at radius 2 is 2.00 bits per heavy atom. The van der Waals surface area contributed by atoms with Crippen molar-refractivity contribution in [3.8, 4) is 5.75 Å². The van der Waals surface area contributed by atoms with Gasteiger partial charge in [-0.1, -0.05) is 0 Å². The molecular formula is C9H4Cl2F5NO2. The van der Waals surface area contributed by atoms with Gasteiger partial charge in [-0.05, 0) is 17.7 Å². The summed E-state index contributed by atoms with van der Waals surface area (Å²) in [7, 11) is 0. The van der Waals surface area contributed by atoms with Crippen molar-refractivity contribution in [1.82, 2.24) is 4.98 Å². The smallest absolute Gasteiger partial charge is 0.403 e. The van der Waals surface area contributed by atoms with Crippen LogP contribution in [0.3, 0.4) is 0 Å². The van der Waals surface area contributed by atoms with Crippen LogP contribution in [-0.2, 0) is 5.88 Å². The first kappa shape index (κ1) is 15.9. The first-order valence-electron chi connectivity index (χ1n) is 4.49. The van der Waals surface area contributed by atoms with Crippen molar-refractivity contribution in [2.45, 2.75) is 18.7 Å². The van der Waals surface area contributed by atoms with Gasteiger partial charge in [-0.2, -0.15) is 0 Å². The topological polar surface area (TPSA) is 39.2 Å². The van der Waals surface area contributed by atoms with E-state index in [1.807, 2.05) is 0 Å². The largest absolute Gasteiger partial charge is 0.573 e. The van der Waals surface area contributed by atoms with E-state index in [0.717, 1.165) is 0 Å². The molecule has 0 aromatic carbocycles. The zero-order chi connectivity index (χ0) is 14.8. The van der Waals surface area contributed by atoms with E-state index in [0.29, 0.717) is 6.07 Å². The first-order valence-corrected chi connectivity index (χ1v) is 5.40. The Balaban J connectivity index is 3.41. The molecule has 106 valence electrons. The molecule has 0 aliphatic heterocycles. The van der Waals surface area contributed by atoms with E-state index in [4.69, 9.17) is 23.2 Å². The number of carbonyl (C=O) groups is 1. The average molecular weight is 324 g/mol. The van der Waals surface area contributed by atoms with Crippen LogP contribution in [0.1, 0.15) is 28.2 Å². The van der Waals surface area contributed by atoms with Gasteiger partial charge < -0.3 is 4.74 Å². The van der Waals surface area contributed by atoms with Gasteiger partial charge in [0.25, 0.3) is 11.7 Å². The minimum atomic E-state index is -5.18. The molecule has 0 radical (unpaired) electrons. The lowest BCUT2D eigenvalue weighted by atomic mass is 10.2. The summed E-state index contributed by atoms with van der Waals surface area (Å²) in [5.41, 5.74) is -2.25. The second-order valence-electron chi connectivity index (χ2n) is 3.13. The maximum atomic E-state index is 12.6. The van der Waals surface area contributed by atoms with Crippen LogP contribution in [0.4, 0.5) is 22.0 Å². The summed E-state index contributed by atoms with van der Waals surface area (Å²) >= 11 is 10.3. The number of carbonyl (C=O) groups excluding carboxylic acids is 1. The minimum Gasteiger partial charge on any atom is -0.403 e. The number of nitrogens with zero attached hydrogens (tertiary/aromatic N) is 1. The molecule has 0 amide bonds. The highest BCUT2D eigenvalue weighted by Crippen LogP contribution is 2.32. The van der Waals surface area contributed by atoms with Gasteiger partial charge >= 0.3 is 6.36 Å². The highest BCUT2D eigenvalue weighted by atomic mass is 35.5. The van der Waals surface area contributed by atoms with Crippen LogP contribution in [0.5, 0.6) is 5.75 Å². The number of hydrogen-bond donors (Lipinski definition) is 0. The third-order valence-electron chi connectivity index (χ3n) is 1.87. The van der Waals surface area contributed by atoms with Crippen molar-refractivity contribution < 1.29 is 31.5 Å². The second-order valence-corrected chi connectivity index (χ2v) is 3.74. The maximum Gasteiger partial charge on any atom is 0.573 e. The summed E-state index contributed by atoms with van der Waals surface area (Å²) < 4.78 is 64.9. The predicted octanol–water partition coefficient (Wildman–Crippen LogP) is 4.04. The Kier molecular flexibility index (Phi) is 4.92. The zero-order valence-electron chi connectivity index (χ0n) is 8.77. The molecule has 0 aliphatic rings. The number of rotatable bonds is 4. The van der Waals surface area contributed by atoms with Crippen molar-refractivity contribution >= 4 is 28.4 Å². The van der Waals surface area contributed by atoms with Crippen molar-refractivity contribution in [2.24, 2.45) is 0 Å². The summed E-state index contributed by atoms with van der Waals surface area (Å²) in [5.74, 6) is -1.72. The molecular weight excluding hydrogens is 320 g/mol. The van der Waals surface area contributed by atoms with Crippen LogP contribution in [0, 0.1) is 0 Å². The summed E-state index contributed by atoms with van der Waals surface area (Å²) in [4.78, 5) is 14.2. The van der Waals surface area contributed by atoms with E-state index >= 15 is 0 Å². The van der Waals surface area contributed by atoms with Crippen molar-refractivity contribution in [2.75, 3.05) is 0 Å². The number of ether oxygens (including phenoxy) is 1. The van der Waals surface area contributed by atoms with Gasteiger partial charge in [-0.15, -0.1) is 24.8 Å². The molecule has 0 bridgehead atoms. The number of alkyl halides is 6. The van der Waals surface area contributed by atoms with Crippen molar-refractivity contribution in [3.05, 3.63) is 23.0 Å². The Bertz CT molecular complexity index is 492. The highest BCUT2D eigenvalue weighted by Gasteiger charge is 2.34. The predicted molar refractivity (Wildman–Crippen MR) is 55.6 cm³/mol. The molecule has 1 aromatic rings. The Hall–Kier alpha value is -1.15. The molecule has 0 atom stereocenters. The highest BCUT2D eigenvalue weighted by molar-refractivity contribution is 6.67. The molecule has 0 saturated carbocycles. The zero-order valence-corrected chi connectivity index (χ0v) is 10.3. The molecule has 3 nitrogen and oxygen atoms in total. The van der Waals surface area contributed by atoms with E-state index in [1.54, 1.807) is 0 Å². The third-order valence-corrected chi connectivity index (χ3v) is 2.31. The molecule has 0 saturated heterocycles. The number of pyridine rings is 1. The first-order chi connectivity index (χ1) is 8.65. The molecule has 1 aromatic heterocycles. The number of aromatic nitrogens is 1. The second kappa shape index (κ2) is 5.87. The molecule has 0 aliphatic carbocycles. The van der Waals surface area contributed by atoms with Crippen LogP contribution in [0.2, 0.25) is 0 Å². The molecule has 0 N–H and O–H groups in total. The lowest BCUT2D eigenvalue weighted by molar-refractivity contribution is -0.274. The minimum absolute atomic E-state index is 0.346. The quantitative estimate of drug-likeness (QED) is 0.477. The average Bonchev–Trinajstić information content (AvgIpc) is 2.25. The standard InChI is InChI=1S/C9H4Cl2F5NO2/c10-2-4-3(8(12)13)1-5(19-9(14,15)16)6(17-4)7(11)18/h1,8H,2H2. The third kappa shape index (κ3) is 4.17. The van der Waals surface area contributed by atoms with E-state index in [9.17, 15) is 26.7 Å². The lowest BCUT2D eigenvalue weighted by Gasteiger charge is -2.14. The Morgan fingerprint density at radius 1 is 1.42 bits per heavy atom. The van der Waals surface area contributed by atoms with E-state index in [-0.39, 0.29) is 0 Å². The lowest BCUT2D eigenvalue weighted by Crippen LogP contribution is -2.20. The van der Waals surface area contributed by atoms with Crippen LogP contribution in [0.15, 0.2) is 6.07 Å². The normalized spacial score (nSPS) is 11.8. The fourth-order valence-corrected chi connectivity index (χ4v) is 1.54. The van der Waals surface area contributed by atoms with Gasteiger partial charge in [0.05, 0.1) is 11.6 Å². The Labute approximate surface area is 113 Å². The molecule has 1 rings (SSSR count). The molecule has 10 heteroatoms. The fourth-order valence-electron chi connectivity index (χ4n) is 1.19. The SMILES string of the molecule is O=C(Cl)c1nc(CCl)c(C(F)F)cc1OC(F)(F)F. The van der Waals surface area contributed by atoms with E-state index in [1.165, 1.54) is 0 Å². The van der Waals surface area contributed by atoms with Gasteiger partial charge in [-0.25, -0.2) is 13.8 Å². The van der Waals surface area contributed by atoms with Crippen molar-refractivity contribution in [1.29, 1.82) is 0 Å². The number of hydrogen-bond acceptors (Lipinski definition) is 3. The van der Waals surface area contributed by atoms with Crippen LogP contribution >= 0.6 is 23.2 Å². The van der Waals surface area contributed by atoms with Gasteiger partial charge in [0.15, 0.2) is 11.4 Å². The molecule has 0 unspecified atom stereocenters. The number of halogens is 7. The molecule has 0 spiro atoms. The van der Waals surface area contributed by atoms with Crippen molar-refractivity contribution in [3.63, 3.8) is 0 Å². The summed E-state index contributed by atoms with van der Waals surface area (Å²) in [6.45, 7) is 0. The van der Waals surface area contributed by atoms with Crippen LogP contribution < -0.4 is 4.74 Å². The molecule has 0 fully saturated rings. The van der Waals surface area contributed by atoms with Gasteiger partial charge in [0.2, 0.25) is 0 Å². The van der Waals surface area contributed by atoms with Gasteiger partial charge in [0, 0.05) is 5.56 Å². The Morgan fingerprint density at radius 3 is 2.37 bits per heavy atom. The van der Waals surface area contributed by atoms with Gasteiger partial charge in [0.1, 0.15) is 0 Å². The van der Waals surface area contributed by atoms with E-state index in [2.05, 4.69) is 9.72 Å². The summed E-state index contributed by atoms with van der Waals surface area (Å²) in [5, 5.41) is -1.38. The summed E-state index contributed by atoms with van der Waals surface area (Å²) in [6.07, 6.45) is -8.30. The molecule has 19 heavy (non-hydrogen) atoms. The monoisotopic (exact) mass is 323 g/mol.